The van der Waals surface area contributed by atoms with E-state index in [4.69, 9.17) is 40.7 Å². The first kappa shape index (κ1) is 29.7. The van der Waals surface area contributed by atoms with Gasteiger partial charge in [0.05, 0.1) is 45.0 Å². The van der Waals surface area contributed by atoms with Crippen LogP contribution >= 0.6 is 0 Å². The van der Waals surface area contributed by atoms with Crippen LogP contribution in [-0.2, 0) is 25.5 Å². The molecule has 0 atom stereocenters. The normalized spacial score (nSPS) is 11.3. The molecule has 0 spiro atoms. The second-order valence-electron chi connectivity index (χ2n) is 9.15. The molecule has 15 nitrogen and oxygen atoms in total. The number of hydrogen-bond acceptors (Lipinski definition) is 12. The summed E-state index contributed by atoms with van der Waals surface area (Å²) in [5, 5.41) is 8.85. The second kappa shape index (κ2) is 15.5. The summed E-state index contributed by atoms with van der Waals surface area (Å²) in [4.78, 5) is 27.6. The number of ether oxygens (including phenoxy) is 3. The number of azide groups is 1. The number of rotatable bonds is 19. The zero-order chi connectivity index (χ0) is 28.9. The maximum absolute atomic E-state index is 12.2. The molecule has 1 aromatic carbocycles. The smallest absolute Gasteiger partial charge is 0.292 e. The van der Waals surface area contributed by atoms with Gasteiger partial charge in [0.1, 0.15) is 29.1 Å². The molecule has 4 rings (SSSR count). The lowest BCUT2D eigenvalue weighted by atomic mass is 10.1. The molecule has 0 aliphatic heterocycles. The van der Waals surface area contributed by atoms with Crippen LogP contribution in [0.5, 0.6) is 0 Å². The van der Waals surface area contributed by atoms with Gasteiger partial charge in [-0.15, -0.1) is 0 Å². The van der Waals surface area contributed by atoms with Crippen LogP contribution in [-0.4, -0.2) is 76.7 Å². The molecule has 0 amide bonds. The molecular formula is C26H34N10O5. The highest BCUT2D eigenvalue weighted by atomic mass is 16.5. The van der Waals surface area contributed by atoms with Gasteiger partial charge in [-0.1, -0.05) is 11.5 Å². The van der Waals surface area contributed by atoms with E-state index in [1.807, 2.05) is 16.8 Å². The van der Waals surface area contributed by atoms with E-state index >= 15 is 0 Å². The number of aromatic nitrogens is 5. The Hall–Kier alpha value is -4.30. The van der Waals surface area contributed by atoms with Gasteiger partial charge in [0, 0.05) is 36.4 Å². The zero-order valence-electron chi connectivity index (χ0n) is 22.8. The molecule has 0 radical (unpaired) electrons. The van der Waals surface area contributed by atoms with Crippen LogP contribution in [0.4, 0.5) is 11.8 Å². The van der Waals surface area contributed by atoms with Crippen molar-refractivity contribution in [3.63, 3.8) is 0 Å². The SMILES string of the molecule is [N-]=[N+]=NCCOCCOCCOCCC(=O)CCCCCn1nc(-c2ccc3oc(N)nc3c2)c2c(N)ncnc21. The Morgan fingerprint density at radius 2 is 1.78 bits per heavy atom. The number of aryl methyl sites for hydroxylation is 1. The zero-order valence-corrected chi connectivity index (χ0v) is 22.8. The number of carbonyl (C=O) groups excluding carboxylic acids is 1. The predicted octanol–water partition coefficient (Wildman–Crippen LogP) is 3.68. The Morgan fingerprint density at radius 3 is 2.59 bits per heavy atom. The number of anilines is 2. The summed E-state index contributed by atoms with van der Waals surface area (Å²) in [7, 11) is 0. The number of nitrogen functional groups attached to an aromatic ring is 2. The summed E-state index contributed by atoms with van der Waals surface area (Å²) in [5.41, 5.74) is 23.4. The number of nitrogens with two attached hydrogens (primary N) is 2. The molecule has 0 fully saturated rings. The number of carbonyl (C=O) groups is 1. The first-order chi connectivity index (χ1) is 20.1. The largest absolute Gasteiger partial charge is 0.424 e. The van der Waals surface area contributed by atoms with Gasteiger partial charge in [-0.25, -0.2) is 14.6 Å². The fourth-order valence-electron chi connectivity index (χ4n) is 4.24. The quantitative estimate of drug-likeness (QED) is 0.0722. The van der Waals surface area contributed by atoms with Gasteiger partial charge < -0.3 is 30.1 Å². The van der Waals surface area contributed by atoms with Crippen molar-refractivity contribution in [3.8, 4) is 11.3 Å². The van der Waals surface area contributed by atoms with E-state index in [1.54, 1.807) is 6.07 Å². The van der Waals surface area contributed by atoms with Crippen LogP contribution in [0.15, 0.2) is 34.1 Å². The Balaban J connectivity index is 1.15. The van der Waals surface area contributed by atoms with Crippen molar-refractivity contribution in [2.24, 2.45) is 5.11 Å². The molecule has 0 bridgehead atoms. The third kappa shape index (κ3) is 8.59. The second-order valence-corrected chi connectivity index (χ2v) is 9.15. The van der Waals surface area contributed by atoms with Gasteiger partial charge in [0.15, 0.2) is 11.2 Å². The summed E-state index contributed by atoms with van der Waals surface area (Å²) < 4.78 is 23.3. The van der Waals surface area contributed by atoms with E-state index in [2.05, 4.69) is 25.0 Å². The third-order valence-corrected chi connectivity index (χ3v) is 6.23. The van der Waals surface area contributed by atoms with Gasteiger partial charge in [-0.05, 0) is 36.6 Å². The first-order valence-corrected chi connectivity index (χ1v) is 13.5. The van der Waals surface area contributed by atoms with Crippen molar-refractivity contribution in [3.05, 3.63) is 35.0 Å². The number of unbranched alkanes of at least 4 members (excludes halogenated alkanes) is 2. The van der Waals surface area contributed by atoms with E-state index in [1.165, 1.54) is 6.33 Å². The molecule has 15 heteroatoms. The van der Waals surface area contributed by atoms with Crippen molar-refractivity contribution in [2.75, 3.05) is 57.7 Å². The monoisotopic (exact) mass is 566 g/mol. The molecule has 41 heavy (non-hydrogen) atoms. The average molecular weight is 567 g/mol. The topological polar surface area (TPSA) is 215 Å². The van der Waals surface area contributed by atoms with E-state index in [0.29, 0.717) is 99.2 Å². The van der Waals surface area contributed by atoms with E-state index in [9.17, 15) is 4.79 Å². The molecule has 0 saturated heterocycles. The fourth-order valence-corrected chi connectivity index (χ4v) is 4.24. The molecule has 3 aromatic heterocycles. The molecule has 3 heterocycles. The summed E-state index contributed by atoms with van der Waals surface area (Å²) >= 11 is 0. The molecule has 218 valence electrons. The van der Waals surface area contributed by atoms with Gasteiger partial charge in [0.25, 0.3) is 6.01 Å². The van der Waals surface area contributed by atoms with Crippen molar-refractivity contribution in [2.45, 2.75) is 38.6 Å². The van der Waals surface area contributed by atoms with Crippen molar-refractivity contribution < 1.29 is 23.4 Å². The number of Topliss-reactive ketones (excluding diaryl/α,β-unsaturated/α-hetero) is 1. The lowest BCUT2D eigenvalue weighted by Crippen LogP contribution is -2.12. The molecular weight excluding hydrogens is 532 g/mol. The maximum Gasteiger partial charge on any atom is 0.292 e. The highest BCUT2D eigenvalue weighted by Gasteiger charge is 2.18. The van der Waals surface area contributed by atoms with Crippen LogP contribution in [0, 0.1) is 0 Å². The standard InChI is InChI=1S/C26H34N10O5/c27-24-22-23(18-5-6-21-20(16-18)33-26(28)41-21)34-36(25(22)31-17-30-24)9-3-1-2-4-19(37)7-10-38-12-14-40-15-13-39-11-8-32-35-29/h5-6,16-17H,1-4,7-15H2,(H2,28,33)(H2,27,30,31). The number of fused-ring (bicyclic) bond motifs is 2. The maximum atomic E-state index is 12.2. The third-order valence-electron chi connectivity index (χ3n) is 6.23. The van der Waals surface area contributed by atoms with E-state index < -0.39 is 0 Å². The van der Waals surface area contributed by atoms with Crippen LogP contribution in [0.1, 0.15) is 32.1 Å². The van der Waals surface area contributed by atoms with E-state index in [0.717, 1.165) is 24.8 Å². The number of hydrogen-bond donors (Lipinski definition) is 2. The minimum Gasteiger partial charge on any atom is -0.424 e. The molecule has 0 unspecified atom stereocenters. The highest BCUT2D eigenvalue weighted by Crippen LogP contribution is 2.32. The van der Waals surface area contributed by atoms with Gasteiger partial charge >= 0.3 is 0 Å². The van der Waals surface area contributed by atoms with Crippen molar-refractivity contribution in [1.29, 1.82) is 0 Å². The lowest BCUT2D eigenvalue weighted by molar-refractivity contribution is -0.120. The average Bonchev–Trinajstić information content (AvgIpc) is 3.53. The summed E-state index contributed by atoms with van der Waals surface area (Å²) in [6.07, 6.45) is 4.80. The van der Waals surface area contributed by atoms with Crippen LogP contribution in [0.3, 0.4) is 0 Å². The molecule has 4 aromatic rings. The Bertz CT molecular complexity index is 1480. The van der Waals surface area contributed by atoms with Gasteiger partial charge in [-0.2, -0.15) is 10.1 Å². The summed E-state index contributed by atoms with van der Waals surface area (Å²) in [6.45, 7) is 3.38. The minimum absolute atomic E-state index is 0.103. The van der Waals surface area contributed by atoms with Crippen LogP contribution in [0.2, 0.25) is 0 Å². The lowest BCUT2D eigenvalue weighted by Gasteiger charge is -2.06. The predicted molar refractivity (Wildman–Crippen MR) is 152 cm³/mol. The van der Waals surface area contributed by atoms with E-state index in [-0.39, 0.29) is 11.8 Å². The molecule has 0 aliphatic rings. The first-order valence-electron chi connectivity index (χ1n) is 13.5. The molecule has 4 N–H and O–H groups in total. The Morgan fingerprint density at radius 1 is 1.00 bits per heavy atom. The van der Waals surface area contributed by atoms with Crippen molar-refractivity contribution in [1.82, 2.24) is 24.7 Å². The Labute approximate surface area is 235 Å². The van der Waals surface area contributed by atoms with Crippen molar-refractivity contribution >= 4 is 39.7 Å². The minimum atomic E-state index is 0.103. The summed E-state index contributed by atoms with van der Waals surface area (Å²) in [5.74, 6) is 0.527. The number of ketones is 1. The Kier molecular flexibility index (Phi) is 11.2. The van der Waals surface area contributed by atoms with Crippen LogP contribution in [0.25, 0.3) is 43.8 Å². The van der Waals surface area contributed by atoms with Gasteiger partial charge in [0.2, 0.25) is 0 Å². The molecule has 0 saturated carbocycles. The van der Waals surface area contributed by atoms with Gasteiger partial charge in [-0.3, -0.25) is 4.79 Å². The number of oxazole rings is 1. The summed E-state index contributed by atoms with van der Waals surface area (Å²) in [6, 6.07) is 5.63. The number of benzene rings is 1. The molecule has 0 aliphatic carbocycles. The highest BCUT2D eigenvalue weighted by molar-refractivity contribution is 5.99. The fraction of sp³-hybridized carbons (Fsp3) is 0.500. The number of nitrogens with zero attached hydrogens (tertiary/aromatic N) is 8. The van der Waals surface area contributed by atoms with Crippen LogP contribution < -0.4 is 11.5 Å².